The van der Waals surface area contributed by atoms with Gasteiger partial charge in [-0.2, -0.15) is 5.10 Å². The number of furan rings is 1. The number of hydrogen-bond donors (Lipinski definition) is 2. The fraction of sp³-hybridized carbons (Fsp3) is 0.353. The summed E-state index contributed by atoms with van der Waals surface area (Å²) in [6, 6.07) is 12.0. The lowest BCUT2D eigenvalue weighted by atomic mass is 10.2. The largest absolute Gasteiger partial charge is 0.460 e. The van der Waals surface area contributed by atoms with E-state index in [-0.39, 0.29) is 6.61 Å². The van der Waals surface area contributed by atoms with Crippen molar-refractivity contribution in [2.24, 2.45) is 0 Å². The summed E-state index contributed by atoms with van der Waals surface area (Å²) >= 11 is 0. The van der Waals surface area contributed by atoms with E-state index in [4.69, 9.17) is 9.52 Å². The van der Waals surface area contributed by atoms with Crippen LogP contribution in [0.25, 0.3) is 11.0 Å². The van der Waals surface area contributed by atoms with Gasteiger partial charge >= 0.3 is 0 Å². The van der Waals surface area contributed by atoms with Crippen LogP contribution < -0.4 is 0 Å². The number of aromatic nitrogens is 2. The van der Waals surface area contributed by atoms with Gasteiger partial charge in [0, 0.05) is 18.5 Å². The van der Waals surface area contributed by atoms with Crippen LogP contribution in [-0.4, -0.2) is 38.0 Å². The fourth-order valence-electron chi connectivity index (χ4n) is 3.07. The maximum absolute atomic E-state index is 9.71. The van der Waals surface area contributed by atoms with Crippen molar-refractivity contribution in [3.05, 3.63) is 53.5 Å². The minimum Gasteiger partial charge on any atom is -0.460 e. The third-order valence-corrected chi connectivity index (χ3v) is 4.27. The average Bonchev–Trinajstić information content (AvgIpc) is 3.16. The zero-order valence-electron chi connectivity index (χ0n) is 12.7. The Kier molecular flexibility index (Phi) is 3.65. The van der Waals surface area contributed by atoms with Crippen LogP contribution in [0.5, 0.6) is 0 Å². The maximum atomic E-state index is 9.71. The number of fused-ring (bicyclic) bond motifs is 2. The quantitative estimate of drug-likeness (QED) is 0.766. The number of benzene rings is 1. The van der Waals surface area contributed by atoms with Crippen LogP contribution in [0.4, 0.5) is 0 Å². The summed E-state index contributed by atoms with van der Waals surface area (Å²) in [5.74, 6) is 0.954. The van der Waals surface area contributed by atoms with Gasteiger partial charge in [-0.15, -0.1) is 0 Å². The molecule has 0 spiro atoms. The normalized spacial score (nSPS) is 16.6. The molecule has 120 valence electrons. The summed E-state index contributed by atoms with van der Waals surface area (Å²) in [5.41, 5.74) is 2.50. The van der Waals surface area contributed by atoms with Crippen LogP contribution in [-0.2, 0) is 19.6 Å². The molecule has 2 N–H and O–H groups in total. The van der Waals surface area contributed by atoms with Gasteiger partial charge in [0.05, 0.1) is 31.1 Å². The minimum absolute atomic E-state index is 0.306. The summed E-state index contributed by atoms with van der Waals surface area (Å²) in [6.07, 6.45) is -0.906. The molecule has 0 radical (unpaired) electrons. The van der Waals surface area contributed by atoms with Crippen LogP contribution in [0.3, 0.4) is 0 Å². The van der Waals surface area contributed by atoms with E-state index in [1.807, 2.05) is 28.9 Å². The molecule has 0 amide bonds. The van der Waals surface area contributed by atoms with E-state index in [1.165, 1.54) is 0 Å². The first-order chi connectivity index (χ1) is 11.2. The third kappa shape index (κ3) is 2.76. The topological polar surface area (TPSA) is 74.7 Å². The number of rotatable bonds is 4. The van der Waals surface area contributed by atoms with Crippen molar-refractivity contribution in [3.8, 4) is 0 Å². The highest BCUT2D eigenvalue weighted by molar-refractivity contribution is 5.77. The predicted octanol–water partition coefficient (Wildman–Crippen LogP) is 1.67. The number of nitrogens with zero attached hydrogens (tertiary/aromatic N) is 3. The molecule has 3 aromatic rings. The minimum atomic E-state index is -0.906. The Morgan fingerprint density at radius 3 is 2.91 bits per heavy atom. The Balaban J connectivity index is 1.50. The van der Waals surface area contributed by atoms with E-state index < -0.39 is 6.10 Å². The molecule has 1 atom stereocenters. The molecule has 0 bridgehead atoms. The van der Waals surface area contributed by atoms with Crippen LogP contribution in [0, 0.1) is 0 Å². The van der Waals surface area contributed by atoms with Crippen LogP contribution in [0.15, 0.2) is 40.8 Å². The Hall–Kier alpha value is -2.15. The first-order valence-electron chi connectivity index (χ1n) is 7.78. The summed E-state index contributed by atoms with van der Waals surface area (Å²) in [5, 5.41) is 24.2. The molecular weight excluding hydrogens is 294 g/mol. The molecule has 6 heteroatoms. The summed E-state index contributed by atoms with van der Waals surface area (Å²) in [6.45, 7) is 2.84. The molecule has 23 heavy (non-hydrogen) atoms. The fourth-order valence-corrected chi connectivity index (χ4v) is 3.07. The van der Waals surface area contributed by atoms with Gasteiger partial charge in [-0.3, -0.25) is 9.58 Å². The molecule has 1 aromatic carbocycles. The number of para-hydroxylation sites is 1. The van der Waals surface area contributed by atoms with Crippen LogP contribution in [0.2, 0.25) is 0 Å². The first-order valence-corrected chi connectivity index (χ1v) is 7.78. The molecule has 0 unspecified atom stereocenters. The van der Waals surface area contributed by atoms with E-state index in [0.29, 0.717) is 5.69 Å². The zero-order chi connectivity index (χ0) is 15.8. The van der Waals surface area contributed by atoms with Crippen molar-refractivity contribution in [1.29, 1.82) is 0 Å². The highest BCUT2D eigenvalue weighted by Crippen LogP contribution is 2.23. The van der Waals surface area contributed by atoms with E-state index in [9.17, 15) is 5.11 Å². The molecule has 2 aromatic heterocycles. The van der Waals surface area contributed by atoms with E-state index >= 15 is 0 Å². The van der Waals surface area contributed by atoms with Gasteiger partial charge in [-0.25, -0.2) is 0 Å². The van der Waals surface area contributed by atoms with Gasteiger partial charge < -0.3 is 14.6 Å². The maximum Gasteiger partial charge on any atom is 0.134 e. The number of aliphatic hydroxyl groups excluding tert-OH is 2. The lowest BCUT2D eigenvalue weighted by Gasteiger charge is -2.26. The monoisotopic (exact) mass is 313 g/mol. The van der Waals surface area contributed by atoms with Crippen LogP contribution in [0.1, 0.15) is 23.3 Å². The molecule has 4 rings (SSSR count). The second-order valence-corrected chi connectivity index (χ2v) is 5.94. The Morgan fingerprint density at radius 2 is 2.09 bits per heavy atom. The summed E-state index contributed by atoms with van der Waals surface area (Å²) < 4.78 is 7.79. The zero-order valence-corrected chi connectivity index (χ0v) is 12.7. The smallest absolute Gasteiger partial charge is 0.134 e. The average molecular weight is 313 g/mol. The molecular formula is C17H19N3O3. The third-order valence-electron chi connectivity index (χ3n) is 4.27. The Labute approximate surface area is 133 Å². The van der Waals surface area contributed by atoms with E-state index in [2.05, 4.69) is 22.1 Å². The molecule has 0 aliphatic carbocycles. The standard InChI is InChI=1S/C17H19N3O3/c21-11-16(22)15-8-13-9-19(5-6-20(13)18-15)10-14-7-12-3-1-2-4-17(12)23-14/h1-4,7-8,16,21-22H,5-6,9-11H2/t16-/m1/s1. The number of aliphatic hydroxyl groups is 2. The SMILES string of the molecule is OC[C@@H](O)c1cc2n(n1)CCN(Cc1cc3ccccc3o1)C2. The van der Waals surface area contributed by atoms with Gasteiger partial charge in [-0.1, -0.05) is 18.2 Å². The van der Waals surface area contributed by atoms with Gasteiger partial charge in [0.15, 0.2) is 0 Å². The molecule has 0 saturated carbocycles. The van der Waals surface area contributed by atoms with Gasteiger partial charge in [0.2, 0.25) is 0 Å². The molecule has 6 nitrogen and oxygen atoms in total. The summed E-state index contributed by atoms with van der Waals surface area (Å²) in [7, 11) is 0. The second kappa shape index (κ2) is 5.81. The van der Waals surface area contributed by atoms with Crippen molar-refractivity contribution in [1.82, 2.24) is 14.7 Å². The van der Waals surface area contributed by atoms with Gasteiger partial charge in [0.1, 0.15) is 17.4 Å². The van der Waals surface area contributed by atoms with Crippen molar-refractivity contribution in [3.63, 3.8) is 0 Å². The highest BCUT2D eigenvalue weighted by atomic mass is 16.3. The van der Waals surface area contributed by atoms with Gasteiger partial charge in [-0.05, 0) is 18.2 Å². The summed E-state index contributed by atoms with van der Waals surface area (Å²) in [4.78, 5) is 2.30. The highest BCUT2D eigenvalue weighted by Gasteiger charge is 2.21. The Bertz CT molecular complexity index is 790. The predicted molar refractivity (Wildman–Crippen MR) is 84.6 cm³/mol. The number of hydrogen-bond acceptors (Lipinski definition) is 5. The lowest BCUT2D eigenvalue weighted by Crippen LogP contribution is -2.33. The molecule has 1 aliphatic heterocycles. The second-order valence-electron chi connectivity index (χ2n) is 5.94. The van der Waals surface area contributed by atoms with Crippen molar-refractivity contribution >= 4 is 11.0 Å². The lowest BCUT2D eigenvalue weighted by molar-refractivity contribution is 0.0915. The molecule has 0 saturated heterocycles. The van der Waals surface area contributed by atoms with Crippen molar-refractivity contribution < 1.29 is 14.6 Å². The molecule has 3 heterocycles. The first kappa shape index (κ1) is 14.4. The Morgan fingerprint density at radius 1 is 1.22 bits per heavy atom. The molecule has 0 fully saturated rings. The van der Waals surface area contributed by atoms with Crippen molar-refractivity contribution in [2.75, 3.05) is 13.2 Å². The van der Waals surface area contributed by atoms with Crippen molar-refractivity contribution in [2.45, 2.75) is 25.7 Å². The molecule has 1 aliphatic rings. The van der Waals surface area contributed by atoms with E-state index in [1.54, 1.807) is 0 Å². The van der Waals surface area contributed by atoms with E-state index in [0.717, 1.165) is 48.6 Å². The van der Waals surface area contributed by atoms with Crippen LogP contribution >= 0.6 is 0 Å². The van der Waals surface area contributed by atoms with Gasteiger partial charge in [0.25, 0.3) is 0 Å².